The van der Waals surface area contributed by atoms with Crippen LogP contribution in [0.4, 0.5) is 5.82 Å². The number of rotatable bonds is 5. The molecule has 0 fully saturated rings. The van der Waals surface area contributed by atoms with Gasteiger partial charge in [-0.05, 0) is 54.7 Å². The number of benzene rings is 1. The van der Waals surface area contributed by atoms with Gasteiger partial charge in [-0.1, -0.05) is 26.0 Å². The van der Waals surface area contributed by atoms with Crippen molar-refractivity contribution in [1.82, 2.24) is 4.98 Å². The minimum atomic E-state index is -0.215. The van der Waals surface area contributed by atoms with E-state index in [1.165, 1.54) is 5.56 Å². The minimum absolute atomic E-state index is 0.0298. The fraction of sp³-hybridized carbons (Fsp3) is 0.333. The lowest BCUT2D eigenvalue weighted by atomic mass is 10.0. The molecule has 1 aromatic heterocycles. The van der Waals surface area contributed by atoms with Crippen LogP contribution in [0.3, 0.4) is 0 Å². The Morgan fingerprint density at radius 2 is 2.00 bits per heavy atom. The fourth-order valence-electron chi connectivity index (χ4n) is 2.06. The van der Waals surface area contributed by atoms with Gasteiger partial charge in [-0.2, -0.15) is 0 Å². The summed E-state index contributed by atoms with van der Waals surface area (Å²) in [5, 5.41) is 2.73. The molecule has 116 valence electrons. The van der Waals surface area contributed by atoms with Crippen molar-refractivity contribution in [2.75, 3.05) is 11.9 Å². The summed E-state index contributed by atoms with van der Waals surface area (Å²) in [6.07, 6.45) is 1.67. The van der Waals surface area contributed by atoms with E-state index in [0.29, 0.717) is 11.7 Å². The SMILES string of the molecule is Cc1ccnc(NC(=O)COc2cc(C(C)C)ccc2C)c1. The van der Waals surface area contributed by atoms with Crippen molar-refractivity contribution < 1.29 is 9.53 Å². The Balaban J connectivity index is 1.97. The molecule has 0 atom stereocenters. The highest BCUT2D eigenvalue weighted by molar-refractivity contribution is 5.91. The van der Waals surface area contributed by atoms with Gasteiger partial charge in [0.2, 0.25) is 0 Å². The van der Waals surface area contributed by atoms with Crippen LogP contribution in [0.5, 0.6) is 5.75 Å². The summed E-state index contributed by atoms with van der Waals surface area (Å²) < 4.78 is 5.65. The van der Waals surface area contributed by atoms with Crippen molar-refractivity contribution in [2.45, 2.75) is 33.6 Å². The van der Waals surface area contributed by atoms with Crippen LogP contribution in [0.25, 0.3) is 0 Å². The molecular formula is C18H22N2O2. The highest BCUT2D eigenvalue weighted by atomic mass is 16.5. The van der Waals surface area contributed by atoms with E-state index in [9.17, 15) is 4.79 Å². The van der Waals surface area contributed by atoms with Crippen molar-refractivity contribution in [1.29, 1.82) is 0 Å². The van der Waals surface area contributed by atoms with E-state index in [4.69, 9.17) is 4.74 Å². The second-order valence-electron chi connectivity index (χ2n) is 5.73. The van der Waals surface area contributed by atoms with Gasteiger partial charge in [0.15, 0.2) is 6.61 Å². The number of carbonyl (C=O) groups excluding carboxylic acids is 1. The van der Waals surface area contributed by atoms with Crippen molar-refractivity contribution in [3.05, 3.63) is 53.2 Å². The van der Waals surface area contributed by atoms with Crippen molar-refractivity contribution in [3.63, 3.8) is 0 Å². The van der Waals surface area contributed by atoms with Crippen LogP contribution in [-0.4, -0.2) is 17.5 Å². The Bertz CT molecular complexity index is 666. The zero-order valence-electron chi connectivity index (χ0n) is 13.5. The second-order valence-corrected chi connectivity index (χ2v) is 5.73. The zero-order valence-corrected chi connectivity index (χ0v) is 13.5. The molecule has 0 spiro atoms. The molecule has 0 aliphatic rings. The number of aromatic nitrogens is 1. The minimum Gasteiger partial charge on any atom is -0.483 e. The lowest BCUT2D eigenvalue weighted by molar-refractivity contribution is -0.118. The number of ether oxygens (including phenoxy) is 1. The normalized spacial score (nSPS) is 10.6. The highest BCUT2D eigenvalue weighted by Crippen LogP contribution is 2.24. The molecule has 4 nitrogen and oxygen atoms in total. The molecule has 0 radical (unpaired) electrons. The van der Waals surface area contributed by atoms with Crippen molar-refractivity contribution in [3.8, 4) is 5.75 Å². The smallest absolute Gasteiger partial charge is 0.263 e. The molecule has 4 heteroatoms. The van der Waals surface area contributed by atoms with E-state index in [-0.39, 0.29) is 12.5 Å². The zero-order chi connectivity index (χ0) is 16.1. The molecule has 0 saturated heterocycles. The van der Waals surface area contributed by atoms with Crippen molar-refractivity contribution >= 4 is 11.7 Å². The molecule has 22 heavy (non-hydrogen) atoms. The van der Waals surface area contributed by atoms with E-state index in [0.717, 1.165) is 16.9 Å². The van der Waals surface area contributed by atoms with Crippen LogP contribution in [0.1, 0.15) is 36.5 Å². The molecule has 0 bridgehead atoms. The maximum absolute atomic E-state index is 12.0. The average molecular weight is 298 g/mol. The third-order valence-electron chi connectivity index (χ3n) is 3.42. The summed E-state index contributed by atoms with van der Waals surface area (Å²) in [6.45, 7) is 8.15. The van der Waals surface area contributed by atoms with Crippen LogP contribution >= 0.6 is 0 Å². The van der Waals surface area contributed by atoms with Gasteiger partial charge in [0, 0.05) is 6.20 Å². The number of nitrogens with one attached hydrogen (secondary N) is 1. The summed E-state index contributed by atoms with van der Waals surface area (Å²) in [6, 6.07) is 9.81. The number of aryl methyl sites for hydroxylation is 2. The number of anilines is 1. The molecule has 0 unspecified atom stereocenters. The monoisotopic (exact) mass is 298 g/mol. The number of nitrogens with zero attached hydrogens (tertiary/aromatic N) is 1. The Labute approximate surface area is 131 Å². The lowest BCUT2D eigenvalue weighted by Gasteiger charge is -2.12. The number of hydrogen-bond donors (Lipinski definition) is 1. The molecule has 1 heterocycles. The molecule has 2 aromatic rings. The molecular weight excluding hydrogens is 276 g/mol. The molecule has 1 amide bonds. The first kappa shape index (κ1) is 16.0. The lowest BCUT2D eigenvalue weighted by Crippen LogP contribution is -2.21. The Hall–Kier alpha value is -2.36. The molecule has 1 N–H and O–H groups in total. The number of amides is 1. The third-order valence-corrected chi connectivity index (χ3v) is 3.42. The summed E-state index contributed by atoms with van der Waals surface area (Å²) in [4.78, 5) is 16.1. The van der Waals surface area contributed by atoms with Gasteiger partial charge in [-0.25, -0.2) is 4.98 Å². The van der Waals surface area contributed by atoms with Gasteiger partial charge in [0.05, 0.1) is 0 Å². The predicted molar refractivity (Wildman–Crippen MR) is 88.4 cm³/mol. The van der Waals surface area contributed by atoms with Crippen LogP contribution in [0.15, 0.2) is 36.5 Å². The van der Waals surface area contributed by atoms with E-state index >= 15 is 0 Å². The second kappa shape index (κ2) is 7.07. The Kier molecular flexibility index (Phi) is 5.15. The van der Waals surface area contributed by atoms with Gasteiger partial charge in [0.25, 0.3) is 5.91 Å². The average Bonchev–Trinajstić information content (AvgIpc) is 2.46. The van der Waals surface area contributed by atoms with Crippen LogP contribution < -0.4 is 10.1 Å². The van der Waals surface area contributed by atoms with E-state index < -0.39 is 0 Å². The van der Waals surface area contributed by atoms with Gasteiger partial charge in [0.1, 0.15) is 11.6 Å². The standard InChI is InChI=1S/C18H22N2O2/c1-12(2)15-6-5-14(4)16(10-15)22-11-18(21)20-17-9-13(3)7-8-19-17/h5-10,12H,11H2,1-4H3,(H,19,20,21). The maximum atomic E-state index is 12.0. The largest absolute Gasteiger partial charge is 0.483 e. The maximum Gasteiger partial charge on any atom is 0.263 e. The molecule has 2 rings (SSSR count). The Morgan fingerprint density at radius 3 is 2.68 bits per heavy atom. The molecule has 1 aromatic carbocycles. The third kappa shape index (κ3) is 4.32. The van der Waals surface area contributed by atoms with E-state index in [2.05, 4.69) is 30.2 Å². The first-order valence-corrected chi connectivity index (χ1v) is 7.41. The van der Waals surface area contributed by atoms with Gasteiger partial charge >= 0.3 is 0 Å². The van der Waals surface area contributed by atoms with E-state index in [1.54, 1.807) is 6.20 Å². The van der Waals surface area contributed by atoms with Crippen LogP contribution in [-0.2, 0) is 4.79 Å². The molecule has 0 aliphatic carbocycles. The van der Waals surface area contributed by atoms with Crippen molar-refractivity contribution in [2.24, 2.45) is 0 Å². The van der Waals surface area contributed by atoms with E-state index in [1.807, 2.05) is 38.1 Å². The fourth-order valence-corrected chi connectivity index (χ4v) is 2.06. The van der Waals surface area contributed by atoms with Crippen LogP contribution in [0, 0.1) is 13.8 Å². The Morgan fingerprint density at radius 1 is 1.23 bits per heavy atom. The van der Waals surface area contributed by atoms with Gasteiger partial charge < -0.3 is 10.1 Å². The topological polar surface area (TPSA) is 51.2 Å². The predicted octanol–water partition coefficient (Wildman–Crippen LogP) is 3.84. The summed E-state index contributed by atoms with van der Waals surface area (Å²) in [5.41, 5.74) is 3.26. The molecule has 0 aliphatic heterocycles. The quantitative estimate of drug-likeness (QED) is 0.912. The van der Waals surface area contributed by atoms with Crippen LogP contribution in [0.2, 0.25) is 0 Å². The van der Waals surface area contributed by atoms with Gasteiger partial charge in [-0.3, -0.25) is 4.79 Å². The molecule has 0 saturated carbocycles. The first-order valence-electron chi connectivity index (χ1n) is 7.41. The highest BCUT2D eigenvalue weighted by Gasteiger charge is 2.08. The number of pyridine rings is 1. The van der Waals surface area contributed by atoms with Gasteiger partial charge in [-0.15, -0.1) is 0 Å². The number of hydrogen-bond acceptors (Lipinski definition) is 3. The summed E-state index contributed by atoms with van der Waals surface area (Å²) in [7, 11) is 0. The number of carbonyl (C=O) groups is 1. The summed E-state index contributed by atoms with van der Waals surface area (Å²) in [5.74, 6) is 1.50. The summed E-state index contributed by atoms with van der Waals surface area (Å²) >= 11 is 0. The first-order chi connectivity index (χ1) is 10.5.